The molecule has 0 unspecified atom stereocenters. The van der Waals surface area contributed by atoms with E-state index in [-0.39, 0.29) is 23.7 Å². The van der Waals surface area contributed by atoms with E-state index < -0.39 is 11.7 Å². The van der Waals surface area contributed by atoms with Gasteiger partial charge >= 0.3 is 0 Å². The number of halogens is 1. The maximum Gasteiger partial charge on any atom is 0.255 e. The molecule has 4 rings (SSSR count). The highest BCUT2D eigenvalue weighted by Gasteiger charge is 2.16. The first-order valence-electron chi connectivity index (χ1n) is 9.65. The summed E-state index contributed by atoms with van der Waals surface area (Å²) in [6.45, 7) is -0.100. The number of anilines is 1. The molecule has 0 spiro atoms. The second-order valence-corrected chi connectivity index (χ2v) is 6.81. The molecule has 0 saturated carbocycles. The summed E-state index contributed by atoms with van der Waals surface area (Å²) < 4.78 is 18.5. The number of ketones is 1. The van der Waals surface area contributed by atoms with Gasteiger partial charge in [0.2, 0.25) is 5.82 Å². The third-order valence-electron chi connectivity index (χ3n) is 4.65. The molecular weight excluding hydrogens is 413 g/mol. The van der Waals surface area contributed by atoms with Gasteiger partial charge in [-0.3, -0.25) is 9.59 Å². The van der Waals surface area contributed by atoms with Gasteiger partial charge in [0.25, 0.3) is 5.91 Å². The Morgan fingerprint density at radius 3 is 2.53 bits per heavy atom. The molecule has 3 aromatic carbocycles. The Balaban J connectivity index is 1.51. The van der Waals surface area contributed by atoms with E-state index in [0.29, 0.717) is 22.6 Å². The SMILES string of the molecule is COc1ccc(C(=O)Cn2nnc(-c3ccccc3NC(=O)c3cccc(F)c3)n2)cc1. The van der Waals surface area contributed by atoms with Crippen LogP contribution in [0, 0.1) is 5.82 Å². The molecule has 0 bridgehead atoms. The van der Waals surface area contributed by atoms with Gasteiger partial charge in [0, 0.05) is 16.7 Å². The van der Waals surface area contributed by atoms with Crippen molar-refractivity contribution in [1.29, 1.82) is 0 Å². The predicted octanol–water partition coefficient (Wildman–Crippen LogP) is 3.62. The van der Waals surface area contributed by atoms with Crippen LogP contribution < -0.4 is 10.1 Å². The first-order valence-corrected chi connectivity index (χ1v) is 9.65. The number of methoxy groups -OCH3 is 1. The number of benzene rings is 3. The minimum Gasteiger partial charge on any atom is -0.497 e. The minimum absolute atomic E-state index is 0.100. The summed E-state index contributed by atoms with van der Waals surface area (Å²) in [6.07, 6.45) is 0. The van der Waals surface area contributed by atoms with Gasteiger partial charge in [-0.25, -0.2) is 4.39 Å². The Labute approximate surface area is 182 Å². The molecule has 1 N–H and O–H groups in total. The molecule has 1 aromatic heterocycles. The summed E-state index contributed by atoms with van der Waals surface area (Å²) in [5.74, 6) is -0.275. The first-order chi connectivity index (χ1) is 15.5. The zero-order chi connectivity index (χ0) is 22.5. The van der Waals surface area contributed by atoms with E-state index in [2.05, 4.69) is 20.7 Å². The van der Waals surface area contributed by atoms with E-state index in [9.17, 15) is 14.0 Å². The van der Waals surface area contributed by atoms with Crippen molar-refractivity contribution in [3.8, 4) is 17.1 Å². The lowest BCUT2D eigenvalue weighted by atomic mass is 10.1. The molecule has 0 aliphatic carbocycles. The molecule has 0 aliphatic heterocycles. The van der Waals surface area contributed by atoms with E-state index in [1.165, 1.54) is 23.0 Å². The predicted molar refractivity (Wildman–Crippen MR) is 115 cm³/mol. The smallest absolute Gasteiger partial charge is 0.255 e. The molecule has 0 atom stereocenters. The van der Waals surface area contributed by atoms with Crippen LogP contribution in [0.25, 0.3) is 11.4 Å². The highest BCUT2D eigenvalue weighted by atomic mass is 19.1. The molecule has 9 heteroatoms. The van der Waals surface area contributed by atoms with Crippen LogP contribution in [-0.4, -0.2) is 39.0 Å². The Kier molecular flexibility index (Phi) is 5.98. The van der Waals surface area contributed by atoms with E-state index in [4.69, 9.17) is 4.74 Å². The van der Waals surface area contributed by atoms with Crippen molar-refractivity contribution in [3.05, 3.63) is 89.7 Å². The second kappa shape index (κ2) is 9.17. The number of nitrogens with one attached hydrogen (secondary N) is 1. The molecule has 0 radical (unpaired) electrons. The van der Waals surface area contributed by atoms with Crippen LogP contribution >= 0.6 is 0 Å². The fraction of sp³-hybridized carbons (Fsp3) is 0.0870. The summed E-state index contributed by atoms with van der Waals surface area (Å²) in [6, 6.07) is 19.0. The van der Waals surface area contributed by atoms with Gasteiger partial charge in [-0.2, -0.15) is 4.80 Å². The van der Waals surface area contributed by atoms with Crippen LogP contribution in [0.4, 0.5) is 10.1 Å². The fourth-order valence-electron chi connectivity index (χ4n) is 3.03. The molecule has 32 heavy (non-hydrogen) atoms. The van der Waals surface area contributed by atoms with Crippen molar-refractivity contribution in [3.63, 3.8) is 0 Å². The largest absolute Gasteiger partial charge is 0.497 e. The van der Waals surface area contributed by atoms with Gasteiger partial charge in [0.15, 0.2) is 5.78 Å². The average molecular weight is 431 g/mol. The van der Waals surface area contributed by atoms with Crippen LogP contribution in [0.5, 0.6) is 5.75 Å². The van der Waals surface area contributed by atoms with Crippen molar-refractivity contribution in [2.45, 2.75) is 6.54 Å². The summed E-state index contributed by atoms with van der Waals surface area (Å²) >= 11 is 0. The zero-order valence-electron chi connectivity index (χ0n) is 17.0. The van der Waals surface area contributed by atoms with Gasteiger partial charge in [0.1, 0.15) is 18.1 Å². The van der Waals surface area contributed by atoms with Gasteiger partial charge < -0.3 is 10.1 Å². The van der Waals surface area contributed by atoms with Crippen LogP contribution in [-0.2, 0) is 6.54 Å². The second-order valence-electron chi connectivity index (χ2n) is 6.81. The molecule has 160 valence electrons. The van der Waals surface area contributed by atoms with Crippen LogP contribution in [0.15, 0.2) is 72.8 Å². The maximum absolute atomic E-state index is 13.4. The normalized spacial score (nSPS) is 10.6. The summed E-state index contributed by atoms with van der Waals surface area (Å²) in [4.78, 5) is 26.2. The van der Waals surface area contributed by atoms with Crippen LogP contribution in [0.2, 0.25) is 0 Å². The number of carbonyl (C=O) groups is 2. The first kappa shape index (κ1) is 20.9. The summed E-state index contributed by atoms with van der Waals surface area (Å²) in [7, 11) is 1.55. The highest BCUT2D eigenvalue weighted by molar-refractivity contribution is 6.06. The number of ether oxygens (including phenoxy) is 1. The van der Waals surface area contributed by atoms with Gasteiger partial charge in [-0.15, -0.1) is 10.2 Å². The van der Waals surface area contributed by atoms with Gasteiger partial charge in [0.05, 0.1) is 12.8 Å². The van der Waals surface area contributed by atoms with Crippen molar-refractivity contribution >= 4 is 17.4 Å². The number of hydrogen-bond acceptors (Lipinski definition) is 6. The molecule has 8 nitrogen and oxygen atoms in total. The number of rotatable bonds is 7. The van der Waals surface area contributed by atoms with Crippen LogP contribution in [0.3, 0.4) is 0 Å². The van der Waals surface area contributed by atoms with E-state index >= 15 is 0 Å². The van der Waals surface area contributed by atoms with E-state index in [0.717, 1.165) is 6.07 Å². The van der Waals surface area contributed by atoms with Crippen molar-refractivity contribution in [2.75, 3.05) is 12.4 Å². The number of hydrogen-bond donors (Lipinski definition) is 1. The number of para-hydroxylation sites is 1. The summed E-state index contributed by atoms with van der Waals surface area (Å²) in [5.41, 5.74) is 1.62. The van der Waals surface area contributed by atoms with Crippen molar-refractivity contribution in [2.24, 2.45) is 0 Å². The van der Waals surface area contributed by atoms with E-state index in [1.807, 2.05) is 0 Å². The third-order valence-corrected chi connectivity index (χ3v) is 4.65. The Hall–Kier alpha value is -4.40. The Morgan fingerprint density at radius 1 is 1.00 bits per heavy atom. The lowest BCUT2D eigenvalue weighted by Crippen LogP contribution is -2.13. The number of carbonyl (C=O) groups excluding carboxylic acids is 2. The molecular formula is C23H18FN5O3. The lowest BCUT2D eigenvalue weighted by Gasteiger charge is -2.08. The third kappa shape index (κ3) is 4.67. The van der Waals surface area contributed by atoms with Crippen molar-refractivity contribution in [1.82, 2.24) is 20.2 Å². The van der Waals surface area contributed by atoms with E-state index in [1.54, 1.807) is 55.6 Å². The molecule has 0 saturated heterocycles. The summed E-state index contributed by atoms with van der Waals surface area (Å²) in [5, 5.41) is 15.0. The number of Topliss-reactive ketones (excluding diaryl/α,β-unsaturated/α-hetero) is 1. The number of nitrogens with zero attached hydrogens (tertiary/aromatic N) is 4. The lowest BCUT2D eigenvalue weighted by molar-refractivity contribution is 0.0960. The van der Waals surface area contributed by atoms with Crippen molar-refractivity contribution < 1.29 is 18.7 Å². The number of amides is 1. The minimum atomic E-state index is -0.503. The van der Waals surface area contributed by atoms with Gasteiger partial charge in [-0.1, -0.05) is 18.2 Å². The van der Waals surface area contributed by atoms with Crippen LogP contribution in [0.1, 0.15) is 20.7 Å². The molecule has 1 heterocycles. The topological polar surface area (TPSA) is 99.0 Å². The maximum atomic E-state index is 13.4. The number of aromatic nitrogens is 4. The van der Waals surface area contributed by atoms with Gasteiger partial charge in [-0.05, 0) is 59.8 Å². The fourth-order valence-corrected chi connectivity index (χ4v) is 3.03. The Bertz CT molecular complexity index is 1270. The molecule has 0 fully saturated rings. The Morgan fingerprint density at radius 2 is 1.78 bits per heavy atom. The molecule has 0 aliphatic rings. The zero-order valence-corrected chi connectivity index (χ0v) is 17.0. The quantitative estimate of drug-likeness (QED) is 0.449. The standard InChI is InChI=1S/C23H18FN5O3/c1-32-18-11-9-15(10-12-18)21(30)14-29-27-22(26-28-29)19-7-2-3-8-20(19)25-23(31)16-5-4-6-17(24)13-16/h2-13H,14H2,1H3,(H,25,31). The average Bonchev–Trinajstić information content (AvgIpc) is 3.27. The highest BCUT2D eigenvalue weighted by Crippen LogP contribution is 2.25. The molecule has 1 amide bonds. The number of tetrazole rings is 1. The molecule has 4 aromatic rings. The monoisotopic (exact) mass is 431 g/mol.